The van der Waals surface area contributed by atoms with E-state index in [1.807, 2.05) is 0 Å². The van der Waals surface area contributed by atoms with Crippen molar-refractivity contribution < 1.29 is 43.9 Å². The lowest BCUT2D eigenvalue weighted by molar-refractivity contribution is 0.376. The van der Waals surface area contributed by atoms with Gasteiger partial charge in [-0.05, 0) is 39.3 Å². The van der Waals surface area contributed by atoms with Crippen molar-refractivity contribution in [2.24, 2.45) is 9.32 Å². The number of nitrogens with zero attached hydrogens (tertiary/aromatic N) is 2. The molecule has 0 aromatic heterocycles. The average Bonchev–Trinajstić information content (AvgIpc) is 2.70. The zero-order valence-corrected chi connectivity index (χ0v) is 20.7. The van der Waals surface area contributed by atoms with E-state index in [0.29, 0.717) is 0 Å². The fraction of sp³-hybridized carbons (Fsp3) is 0.300. The highest BCUT2D eigenvalue weighted by atomic mass is 28.3. The molecule has 2 nitrogen and oxygen atoms in total. The van der Waals surface area contributed by atoms with Crippen molar-refractivity contribution in [2.45, 2.75) is 39.3 Å². The molecule has 0 saturated carbocycles. The lowest BCUT2D eigenvalue weighted by Gasteiger charge is -2.22. The second kappa shape index (κ2) is 9.28. The Bertz CT molecular complexity index is 1070. The van der Waals surface area contributed by atoms with Crippen LogP contribution in [-0.4, -0.2) is 27.9 Å². The Balaban J connectivity index is 3.22. The molecule has 0 N–H and O–H groups in total. The summed E-state index contributed by atoms with van der Waals surface area (Å²) in [6, 6.07) is 0. The lowest BCUT2D eigenvalue weighted by atomic mass is 9.97. The molecule has 0 amide bonds. The second-order valence-corrected chi connectivity index (χ2v) is 18.3. The molecular formula is C20H18F10N2Si2. The third-order valence-corrected chi connectivity index (χ3v) is 5.80. The van der Waals surface area contributed by atoms with Crippen molar-refractivity contribution in [1.29, 1.82) is 0 Å². The quantitative estimate of drug-likeness (QED) is 0.130. The molecule has 34 heavy (non-hydrogen) atoms. The predicted octanol–water partition coefficient (Wildman–Crippen LogP) is 7.03. The van der Waals surface area contributed by atoms with Crippen LogP contribution in [-0.2, 0) is 0 Å². The molecule has 2 aromatic rings. The van der Waals surface area contributed by atoms with Gasteiger partial charge >= 0.3 is 0 Å². The van der Waals surface area contributed by atoms with E-state index in [1.165, 1.54) is 39.3 Å². The summed E-state index contributed by atoms with van der Waals surface area (Å²) in [5, 5.41) is 0. The highest BCUT2D eigenvalue weighted by Crippen LogP contribution is 2.30. The molecule has 0 fully saturated rings. The third kappa shape index (κ3) is 5.26. The van der Waals surface area contributed by atoms with Crippen LogP contribution in [0.15, 0.2) is 9.32 Å². The Labute approximate surface area is 190 Å². The number of hydrogen-bond acceptors (Lipinski definition) is 2. The van der Waals surface area contributed by atoms with E-state index in [9.17, 15) is 43.9 Å². The van der Waals surface area contributed by atoms with Gasteiger partial charge < -0.3 is 9.32 Å². The molecule has 0 saturated heterocycles. The Morgan fingerprint density at radius 2 is 0.559 bits per heavy atom. The maximum Gasteiger partial charge on any atom is 0.200 e. The van der Waals surface area contributed by atoms with E-state index in [-0.39, 0.29) is 0 Å². The van der Waals surface area contributed by atoms with E-state index in [1.54, 1.807) is 0 Å². The van der Waals surface area contributed by atoms with Crippen molar-refractivity contribution in [3.05, 3.63) is 69.3 Å². The maximum absolute atomic E-state index is 14.7. The molecule has 0 unspecified atom stereocenters. The van der Waals surface area contributed by atoms with Gasteiger partial charge in [0.25, 0.3) is 0 Å². The van der Waals surface area contributed by atoms with Gasteiger partial charge in [-0.2, -0.15) is 0 Å². The minimum atomic E-state index is -3.00. The second-order valence-electron chi connectivity index (χ2n) is 9.15. The fourth-order valence-corrected chi connectivity index (χ4v) is 4.53. The number of rotatable bonds is 5. The lowest BCUT2D eigenvalue weighted by Crippen LogP contribution is -2.33. The van der Waals surface area contributed by atoms with Gasteiger partial charge in [0.2, 0.25) is 11.6 Å². The number of halogens is 10. The zero-order valence-electron chi connectivity index (χ0n) is 18.7. The van der Waals surface area contributed by atoms with Gasteiger partial charge in [-0.15, -0.1) is 0 Å². The first-order valence-corrected chi connectivity index (χ1v) is 16.4. The maximum atomic E-state index is 14.7. The van der Waals surface area contributed by atoms with Gasteiger partial charge in [-0.3, -0.25) is 0 Å². The highest BCUT2D eigenvalue weighted by molar-refractivity contribution is 6.80. The summed E-state index contributed by atoms with van der Waals surface area (Å²) in [5.41, 5.74) is -5.81. The summed E-state index contributed by atoms with van der Waals surface area (Å²) in [6.07, 6.45) is 0. The molecule has 0 atom stereocenters. The van der Waals surface area contributed by atoms with Gasteiger partial charge in [0.15, 0.2) is 63.0 Å². The van der Waals surface area contributed by atoms with Crippen LogP contribution in [0, 0.1) is 58.2 Å². The first kappa shape index (κ1) is 27.8. The van der Waals surface area contributed by atoms with E-state index in [4.69, 9.17) is 0 Å². The van der Waals surface area contributed by atoms with E-state index < -0.39 is 97.2 Å². The third-order valence-electron chi connectivity index (χ3n) is 4.01. The normalized spacial score (nSPS) is 13.6. The first-order chi connectivity index (χ1) is 15.3. The van der Waals surface area contributed by atoms with Crippen molar-refractivity contribution in [3.63, 3.8) is 0 Å². The molecule has 0 aliphatic heterocycles. The predicted molar refractivity (Wildman–Crippen MR) is 112 cm³/mol. The molecule has 0 aliphatic rings. The number of benzene rings is 2. The van der Waals surface area contributed by atoms with E-state index in [2.05, 4.69) is 9.32 Å². The molecule has 2 aromatic carbocycles. The monoisotopic (exact) mass is 532 g/mol. The van der Waals surface area contributed by atoms with E-state index in [0.717, 1.165) is 0 Å². The van der Waals surface area contributed by atoms with Crippen LogP contribution in [0.1, 0.15) is 11.1 Å². The van der Waals surface area contributed by atoms with Gasteiger partial charge in [0.1, 0.15) is 0 Å². The van der Waals surface area contributed by atoms with Gasteiger partial charge in [-0.25, -0.2) is 43.9 Å². The van der Waals surface area contributed by atoms with Crippen LogP contribution >= 0.6 is 0 Å². The highest BCUT2D eigenvalue weighted by Gasteiger charge is 2.37. The van der Waals surface area contributed by atoms with Crippen LogP contribution in [0.3, 0.4) is 0 Å². The van der Waals surface area contributed by atoms with Crippen molar-refractivity contribution in [2.75, 3.05) is 0 Å². The summed E-state index contributed by atoms with van der Waals surface area (Å²) >= 11 is 0. The van der Waals surface area contributed by atoms with Gasteiger partial charge in [-0.1, -0.05) is 0 Å². The topological polar surface area (TPSA) is 24.7 Å². The van der Waals surface area contributed by atoms with Gasteiger partial charge in [0, 0.05) is 0 Å². The summed E-state index contributed by atoms with van der Waals surface area (Å²) in [5.74, 6) is -24.2. The van der Waals surface area contributed by atoms with Crippen LogP contribution in [0.4, 0.5) is 43.9 Å². The minimum absolute atomic E-state index is 1.21. The molecule has 14 heteroatoms. The largest absolute Gasteiger partial charge is 0.319 e. The summed E-state index contributed by atoms with van der Waals surface area (Å²) in [6.45, 7) is 8.61. The van der Waals surface area contributed by atoms with Crippen LogP contribution < -0.4 is 0 Å². The van der Waals surface area contributed by atoms with Crippen molar-refractivity contribution >= 4 is 27.9 Å². The SMILES string of the molecule is C[Si](C)(C)N=C(C(=N[Si](C)(C)C)c1c(F)c(F)c(F)c(F)c1F)c1c(F)c(F)c(F)c(F)c1F. The fourth-order valence-electron chi connectivity index (χ4n) is 2.75. The first-order valence-electron chi connectivity index (χ1n) is 9.53. The van der Waals surface area contributed by atoms with Crippen molar-refractivity contribution in [3.8, 4) is 0 Å². The molecular weight excluding hydrogens is 514 g/mol. The van der Waals surface area contributed by atoms with E-state index >= 15 is 0 Å². The molecule has 0 spiro atoms. The molecule has 0 radical (unpaired) electrons. The van der Waals surface area contributed by atoms with Gasteiger partial charge in [0.05, 0.1) is 22.6 Å². The Hall–Kier alpha value is -2.49. The Morgan fingerprint density at radius 3 is 0.735 bits per heavy atom. The molecule has 0 bridgehead atoms. The summed E-state index contributed by atoms with van der Waals surface area (Å²) < 4.78 is 150. The van der Waals surface area contributed by atoms with Crippen molar-refractivity contribution in [1.82, 2.24) is 0 Å². The Kier molecular flexibility index (Phi) is 7.58. The molecule has 0 aliphatic carbocycles. The minimum Gasteiger partial charge on any atom is -0.319 e. The molecule has 2 rings (SSSR count). The van der Waals surface area contributed by atoms with Crippen LogP contribution in [0.5, 0.6) is 0 Å². The Morgan fingerprint density at radius 1 is 0.382 bits per heavy atom. The smallest absolute Gasteiger partial charge is 0.200 e. The average molecular weight is 533 g/mol. The molecule has 186 valence electrons. The number of hydrogen-bond donors (Lipinski definition) is 0. The van der Waals surface area contributed by atoms with Crippen LogP contribution in [0.25, 0.3) is 0 Å². The standard InChI is InChI=1S/C20H18F10N2Si2/c1-33(2,3)31-19(7-9(21)13(25)17(29)14(26)10(7)22)20(32-34(4,5)6)8-11(23)15(27)18(30)16(28)12(8)24/h1-6H3. The summed E-state index contributed by atoms with van der Waals surface area (Å²) in [4.78, 5) is 0. The summed E-state index contributed by atoms with van der Waals surface area (Å²) in [7, 11) is -5.99. The zero-order chi connectivity index (χ0) is 26.5. The molecule has 0 heterocycles. The van der Waals surface area contributed by atoms with Crippen LogP contribution in [0.2, 0.25) is 39.3 Å².